The van der Waals surface area contributed by atoms with E-state index in [1.807, 2.05) is 36.0 Å². The van der Waals surface area contributed by atoms with Crippen molar-refractivity contribution in [2.45, 2.75) is 65.0 Å². The monoisotopic (exact) mass is 508 g/mol. The highest BCUT2D eigenvalue weighted by molar-refractivity contribution is 6.04. The fourth-order valence-electron chi connectivity index (χ4n) is 4.91. The van der Waals surface area contributed by atoms with Crippen molar-refractivity contribution in [2.75, 3.05) is 5.32 Å². The molecule has 2 fully saturated rings. The number of amides is 1. The molecule has 8 heteroatoms. The van der Waals surface area contributed by atoms with Crippen LogP contribution in [0.5, 0.6) is 0 Å². The Morgan fingerprint density at radius 2 is 1.92 bits per heavy atom. The van der Waals surface area contributed by atoms with Gasteiger partial charge in [0.05, 0.1) is 0 Å². The Hall–Kier alpha value is -4.07. The first-order valence-corrected chi connectivity index (χ1v) is 13.4. The summed E-state index contributed by atoms with van der Waals surface area (Å²) in [5.74, 6) is 1.67. The van der Waals surface area contributed by atoms with Crippen LogP contribution < -0.4 is 10.9 Å². The lowest BCUT2D eigenvalue weighted by Gasteiger charge is -2.17. The van der Waals surface area contributed by atoms with Gasteiger partial charge >= 0.3 is 0 Å². The Morgan fingerprint density at radius 1 is 1.11 bits per heavy atom. The van der Waals surface area contributed by atoms with Gasteiger partial charge in [0.1, 0.15) is 17.1 Å². The van der Waals surface area contributed by atoms with E-state index in [0.717, 1.165) is 41.2 Å². The molecule has 0 unspecified atom stereocenters. The van der Waals surface area contributed by atoms with Gasteiger partial charge in [-0.1, -0.05) is 12.1 Å². The molecule has 0 atom stereocenters. The van der Waals surface area contributed by atoms with Crippen molar-refractivity contribution in [3.05, 3.63) is 82.3 Å². The molecule has 6 rings (SSSR count). The van der Waals surface area contributed by atoms with Gasteiger partial charge in [-0.05, 0) is 76.6 Å². The topological polar surface area (TPSA) is 94.7 Å². The Balaban J connectivity index is 1.35. The molecule has 0 aromatic carbocycles. The van der Waals surface area contributed by atoms with Gasteiger partial charge in [0.25, 0.3) is 11.5 Å². The van der Waals surface area contributed by atoms with Crippen LogP contribution in [0, 0.1) is 12.8 Å². The van der Waals surface area contributed by atoms with Crippen molar-refractivity contribution in [2.24, 2.45) is 5.92 Å². The summed E-state index contributed by atoms with van der Waals surface area (Å²) in [5, 5.41) is 2.86. The van der Waals surface area contributed by atoms with Crippen molar-refractivity contribution >= 4 is 11.7 Å². The van der Waals surface area contributed by atoms with Crippen LogP contribution in [0.2, 0.25) is 0 Å². The first-order valence-electron chi connectivity index (χ1n) is 13.4. The molecule has 4 heterocycles. The Kier molecular flexibility index (Phi) is 6.18. The van der Waals surface area contributed by atoms with E-state index in [0.29, 0.717) is 29.9 Å². The lowest BCUT2D eigenvalue weighted by Crippen LogP contribution is -2.31. The third-order valence-electron chi connectivity index (χ3n) is 7.48. The number of imidazole rings is 1. The second-order valence-corrected chi connectivity index (χ2v) is 10.8. The van der Waals surface area contributed by atoms with Gasteiger partial charge in [-0.15, -0.1) is 0 Å². The normalized spacial score (nSPS) is 15.2. The van der Waals surface area contributed by atoms with E-state index < -0.39 is 5.91 Å². The van der Waals surface area contributed by atoms with E-state index in [1.165, 1.54) is 12.8 Å². The first-order chi connectivity index (χ1) is 18.4. The summed E-state index contributed by atoms with van der Waals surface area (Å²) in [6.07, 6.45) is 10.1. The predicted molar refractivity (Wildman–Crippen MR) is 147 cm³/mol. The molecule has 2 aliphatic carbocycles. The molecule has 4 aromatic rings. The maximum Gasteiger partial charge on any atom is 0.263 e. The van der Waals surface area contributed by atoms with Crippen LogP contribution in [-0.2, 0) is 6.54 Å². The SMILES string of the molecule is Cc1c(-c2ccc(C3CC3)nc2)cc(C(=O)Nc2cccc(-c3nccn3C(C)C)n2)c(=O)n1CC1CC1. The molecule has 0 saturated heterocycles. The van der Waals surface area contributed by atoms with Gasteiger partial charge in [-0.25, -0.2) is 9.97 Å². The summed E-state index contributed by atoms with van der Waals surface area (Å²) in [6.45, 7) is 6.73. The van der Waals surface area contributed by atoms with Crippen LogP contribution in [0.25, 0.3) is 22.6 Å². The van der Waals surface area contributed by atoms with Crippen molar-refractivity contribution in [3.8, 4) is 22.6 Å². The summed E-state index contributed by atoms with van der Waals surface area (Å²) in [6, 6.07) is 11.5. The van der Waals surface area contributed by atoms with Crippen molar-refractivity contribution in [3.63, 3.8) is 0 Å². The van der Waals surface area contributed by atoms with E-state index in [1.54, 1.807) is 22.9 Å². The van der Waals surface area contributed by atoms with Gasteiger partial charge in [-0.3, -0.25) is 14.6 Å². The number of rotatable bonds is 8. The van der Waals surface area contributed by atoms with E-state index >= 15 is 0 Å². The molecule has 0 bridgehead atoms. The highest BCUT2D eigenvalue weighted by atomic mass is 16.2. The summed E-state index contributed by atoms with van der Waals surface area (Å²) in [7, 11) is 0. The second kappa shape index (κ2) is 9.67. The number of pyridine rings is 3. The number of aromatic nitrogens is 5. The molecule has 4 aromatic heterocycles. The smallest absolute Gasteiger partial charge is 0.263 e. The van der Waals surface area contributed by atoms with Gasteiger partial charge < -0.3 is 14.5 Å². The highest BCUT2D eigenvalue weighted by Gasteiger charge is 2.27. The Bertz CT molecular complexity index is 1560. The van der Waals surface area contributed by atoms with Crippen LogP contribution in [0.4, 0.5) is 5.82 Å². The van der Waals surface area contributed by atoms with Crippen LogP contribution in [0.1, 0.15) is 73.2 Å². The predicted octanol–water partition coefficient (Wildman–Crippen LogP) is 5.60. The van der Waals surface area contributed by atoms with Gasteiger partial charge in [-0.2, -0.15) is 0 Å². The van der Waals surface area contributed by atoms with Crippen molar-refractivity contribution in [1.29, 1.82) is 0 Å². The maximum absolute atomic E-state index is 13.5. The lowest BCUT2D eigenvalue weighted by molar-refractivity contribution is 0.102. The average molecular weight is 509 g/mol. The number of hydrogen-bond acceptors (Lipinski definition) is 5. The second-order valence-electron chi connectivity index (χ2n) is 10.8. The number of nitrogens with one attached hydrogen (secondary N) is 1. The van der Waals surface area contributed by atoms with Gasteiger partial charge in [0.15, 0.2) is 5.82 Å². The fourth-order valence-corrected chi connectivity index (χ4v) is 4.91. The van der Waals surface area contributed by atoms with Crippen LogP contribution >= 0.6 is 0 Å². The molecule has 194 valence electrons. The minimum absolute atomic E-state index is 0.105. The van der Waals surface area contributed by atoms with Crippen LogP contribution in [-0.4, -0.2) is 30.0 Å². The molecule has 8 nitrogen and oxygen atoms in total. The molecule has 0 aliphatic heterocycles. The molecular weight excluding hydrogens is 476 g/mol. The van der Waals surface area contributed by atoms with Crippen LogP contribution in [0.3, 0.4) is 0 Å². The summed E-state index contributed by atoms with van der Waals surface area (Å²) < 4.78 is 3.79. The fraction of sp³-hybridized carbons (Fsp3) is 0.367. The third kappa shape index (κ3) is 4.78. The standard InChI is InChI=1S/C30H32N6O2/c1-18(2)35-14-13-31-28(35)26-5-4-6-27(33-26)34-29(37)24-15-23(19(3)36(30(24)38)17-20-7-8-20)22-11-12-25(32-16-22)21-9-10-21/h4-6,11-16,18,20-21H,7-10,17H2,1-3H3,(H,33,34,37). The third-order valence-corrected chi connectivity index (χ3v) is 7.48. The first kappa shape index (κ1) is 24.3. The molecule has 2 aliphatic rings. The van der Waals surface area contributed by atoms with Crippen molar-refractivity contribution in [1.82, 2.24) is 24.1 Å². The lowest BCUT2D eigenvalue weighted by atomic mass is 10.0. The van der Waals surface area contributed by atoms with E-state index in [9.17, 15) is 9.59 Å². The largest absolute Gasteiger partial charge is 0.327 e. The summed E-state index contributed by atoms with van der Waals surface area (Å²) in [5.41, 5.74) is 4.22. The molecule has 0 radical (unpaired) electrons. The van der Waals surface area contributed by atoms with Gasteiger partial charge in [0.2, 0.25) is 0 Å². The molecule has 38 heavy (non-hydrogen) atoms. The maximum atomic E-state index is 13.5. The zero-order chi connectivity index (χ0) is 26.4. The molecule has 1 amide bonds. The molecule has 1 N–H and O–H groups in total. The summed E-state index contributed by atoms with van der Waals surface area (Å²) in [4.78, 5) is 40.8. The zero-order valence-electron chi connectivity index (χ0n) is 22.0. The number of carbonyl (C=O) groups excluding carboxylic acids is 1. The van der Waals surface area contributed by atoms with Crippen molar-refractivity contribution < 1.29 is 4.79 Å². The Morgan fingerprint density at radius 3 is 2.61 bits per heavy atom. The number of nitrogens with zero attached hydrogens (tertiary/aromatic N) is 5. The molecule has 2 saturated carbocycles. The molecule has 0 spiro atoms. The van der Waals surface area contributed by atoms with E-state index in [4.69, 9.17) is 0 Å². The quantitative estimate of drug-likeness (QED) is 0.334. The zero-order valence-corrected chi connectivity index (χ0v) is 22.0. The average Bonchev–Trinajstić information content (AvgIpc) is 3.85. The van der Waals surface area contributed by atoms with E-state index in [-0.39, 0.29) is 17.2 Å². The number of hydrogen-bond donors (Lipinski definition) is 1. The summed E-state index contributed by atoms with van der Waals surface area (Å²) >= 11 is 0. The number of carbonyl (C=O) groups is 1. The molecular formula is C30H32N6O2. The number of anilines is 1. The van der Waals surface area contributed by atoms with E-state index in [2.05, 4.69) is 46.2 Å². The minimum Gasteiger partial charge on any atom is -0.327 e. The minimum atomic E-state index is -0.472. The highest BCUT2D eigenvalue weighted by Crippen LogP contribution is 2.39. The Labute approximate surface area is 221 Å². The van der Waals surface area contributed by atoms with Crippen LogP contribution in [0.15, 0.2) is 59.8 Å². The van der Waals surface area contributed by atoms with Gasteiger partial charge in [0, 0.05) is 59.6 Å².